The van der Waals surface area contributed by atoms with E-state index < -0.39 is 11.7 Å². The molecular weight excluding hydrogens is 302 g/mol. The molecule has 0 heterocycles. The highest BCUT2D eigenvalue weighted by Gasteiger charge is 2.13. The van der Waals surface area contributed by atoms with Gasteiger partial charge in [0.1, 0.15) is 5.82 Å². The van der Waals surface area contributed by atoms with Crippen LogP contribution in [-0.4, -0.2) is 5.91 Å². The zero-order valence-electron chi connectivity index (χ0n) is 10.5. The number of rotatable bonds is 2. The van der Waals surface area contributed by atoms with E-state index in [4.69, 9.17) is 28.9 Å². The van der Waals surface area contributed by atoms with E-state index in [2.05, 4.69) is 5.32 Å². The Morgan fingerprint density at radius 2 is 1.80 bits per heavy atom. The molecule has 0 aliphatic heterocycles. The van der Waals surface area contributed by atoms with Crippen LogP contribution in [0.15, 0.2) is 30.3 Å². The number of hydrogen-bond donors (Lipinski definition) is 2. The summed E-state index contributed by atoms with van der Waals surface area (Å²) in [5, 5.41) is 2.63. The minimum atomic E-state index is -0.568. The van der Waals surface area contributed by atoms with Crippen LogP contribution in [0.4, 0.5) is 15.8 Å². The molecule has 0 radical (unpaired) electrons. The fourth-order valence-corrected chi connectivity index (χ4v) is 2.22. The zero-order valence-corrected chi connectivity index (χ0v) is 12.0. The summed E-state index contributed by atoms with van der Waals surface area (Å²) in [5.41, 5.74) is 7.66. The van der Waals surface area contributed by atoms with Crippen molar-refractivity contribution in [2.24, 2.45) is 0 Å². The topological polar surface area (TPSA) is 55.1 Å². The van der Waals surface area contributed by atoms with E-state index in [1.54, 1.807) is 25.1 Å². The first-order valence-corrected chi connectivity index (χ1v) is 6.46. The minimum absolute atomic E-state index is 0.0375. The van der Waals surface area contributed by atoms with Gasteiger partial charge >= 0.3 is 0 Å². The van der Waals surface area contributed by atoms with Crippen LogP contribution >= 0.6 is 23.2 Å². The lowest BCUT2D eigenvalue weighted by atomic mass is 10.1. The molecule has 2 rings (SSSR count). The standard InChI is InChI=1S/C14H11Cl2FN2O/c1-7-4-8(2-3-12(7)18)14(20)19-13-10(15)5-9(17)6-11(13)16/h2-6H,18H2,1H3,(H,19,20). The van der Waals surface area contributed by atoms with Gasteiger partial charge in [0.05, 0.1) is 15.7 Å². The second-order valence-electron chi connectivity index (χ2n) is 4.27. The van der Waals surface area contributed by atoms with Crippen molar-refractivity contribution in [3.63, 3.8) is 0 Å². The van der Waals surface area contributed by atoms with E-state index in [1.807, 2.05) is 0 Å². The average molecular weight is 313 g/mol. The van der Waals surface area contributed by atoms with Crippen molar-refractivity contribution >= 4 is 40.5 Å². The van der Waals surface area contributed by atoms with Gasteiger partial charge in [0.25, 0.3) is 5.91 Å². The third-order valence-corrected chi connectivity index (χ3v) is 3.37. The highest BCUT2D eigenvalue weighted by Crippen LogP contribution is 2.31. The third-order valence-electron chi connectivity index (χ3n) is 2.78. The highest BCUT2D eigenvalue weighted by atomic mass is 35.5. The number of carbonyl (C=O) groups is 1. The fraction of sp³-hybridized carbons (Fsp3) is 0.0714. The number of nitrogen functional groups attached to an aromatic ring is 1. The molecule has 0 saturated carbocycles. The van der Waals surface area contributed by atoms with E-state index in [0.29, 0.717) is 11.3 Å². The maximum Gasteiger partial charge on any atom is 0.255 e. The third kappa shape index (κ3) is 3.03. The molecule has 3 N–H and O–H groups in total. The van der Waals surface area contributed by atoms with Gasteiger partial charge in [-0.15, -0.1) is 0 Å². The Bertz CT molecular complexity index is 666. The normalized spacial score (nSPS) is 10.4. The smallest absolute Gasteiger partial charge is 0.255 e. The number of benzene rings is 2. The quantitative estimate of drug-likeness (QED) is 0.813. The van der Waals surface area contributed by atoms with Crippen LogP contribution < -0.4 is 11.1 Å². The van der Waals surface area contributed by atoms with Gasteiger partial charge in [0.15, 0.2) is 0 Å². The number of aryl methyl sites for hydroxylation is 1. The van der Waals surface area contributed by atoms with Gasteiger partial charge in [-0.2, -0.15) is 0 Å². The van der Waals surface area contributed by atoms with Crippen LogP contribution in [0.5, 0.6) is 0 Å². The van der Waals surface area contributed by atoms with Gasteiger partial charge in [0.2, 0.25) is 0 Å². The van der Waals surface area contributed by atoms with Gasteiger partial charge in [-0.3, -0.25) is 4.79 Å². The summed E-state index contributed by atoms with van der Waals surface area (Å²) in [5.74, 6) is -0.968. The van der Waals surface area contributed by atoms with Crippen molar-refractivity contribution in [1.29, 1.82) is 0 Å². The predicted octanol–water partition coefficient (Wildman–Crippen LogP) is 4.28. The Morgan fingerprint density at radius 3 is 2.35 bits per heavy atom. The number of carbonyl (C=O) groups excluding carboxylic acids is 1. The summed E-state index contributed by atoms with van der Waals surface area (Å²) in [6.45, 7) is 1.80. The summed E-state index contributed by atoms with van der Waals surface area (Å²) in [7, 11) is 0. The van der Waals surface area contributed by atoms with Crippen molar-refractivity contribution in [3.05, 3.63) is 57.3 Å². The first kappa shape index (κ1) is 14.6. The number of amides is 1. The molecule has 20 heavy (non-hydrogen) atoms. The Balaban J connectivity index is 2.30. The van der Waals surface area contributed by atoms with Crippen molar-refractivity contribution in [2.45, 2.75) is 6.92 Å². The molecule has 0 unspecified atom stereocenters. The number of hydrogen-bond acceptors (Lipinski definition) is 2. The molecule has 2 aromatic carbocycles. The van der Waals surface area contributed by atoms with E-state index in [9.17, 15) is 9.18 Å². The van der Waals surface area contributed by atoms with Crippen LogP contribution in [0.1, 0.15) is 15.9 Å². The molecule has 3 nitrogen and oxygen atoms in total. The van der Waals surface area contributed by atoms with Crippen LogP contribution in [0, 0.1) is 12.7 Å². The van der Waals surface area contributed by atoms with Gasteiger partial charge in [0, 0.05) is 11.3 Å². The molecule has 2 aromatic rings. The largest absolute Gasteiger partial charge is 0.399 e. The van der Waals surface area contributed by atoms with Gasteiger partial charge in [-0.05, 0) is 42.8 Å². The Labute approximate surface area is 125 Å². The monoisotopic (exact) mass is 312 g/mol. The van der Waals surface area contributed by atoms with Crippen molar-refractivity contribution < 1.29 is 9.18 Å². The van der Waals surface area contributed by atoms with Crippen molar-refractivity contribution in [3.8, 4) is 0 Å². The number of anilines is 2. The number of halogens is 3. The first-order chi connectivity index (χ1) is 9.38. The number of nitrogens with one attached hydrogen (secondary N) is 1. The van der Waals surface area contributed by atoms with Crippen LogP contribution in [-0.2, 0) is 0 Å². The van der Waals surface area contributed by atoms with Gasteiger partial charge in [-0.25, -0.2) is 4.39 Å². The second-order valence-corrected chi connectivity index (χ2v) is 5.08. The SMILES string of the molecule is Cc1cc(C(=O)Nc2c(Cl)cc(F)cc2Cl)ccc1N. The van der Waals surface area contributed by atoms with Gasteiger partial charge in [-0.1, -0.05) is 23.2 Å². The van der Waals surface area contributed by atoms with E-state index >= 15 is 0 Å². The van der Waals surface area contributed by atoms with E-state index in [0.717, 1.165) is 17.7 Å². The Kier molecular flexibility index (Phi) is 4.16. The molecule has 0 fully saturated rings. The van der Waals surface area contributed by atoms with Crippen LogP contribution in [0.25, 0.3) is 0 Å². The average Bonchev–Trinajstić information content (AvgIpc) is 2.36. The lowest BCUT2D eigenvalue weighted by Gasteiger charge is -2.10. The molecule has 6 heteroatoms. The highest BCUT2D eigenvalue weighted by molar-refractivity contribution is 6.40. The maximum absolute atomic E-state index is 13.1. The molecule has 1 amide bonds. The van der Waals surface area contributed by atoms with Crippen LogP contribution in [0.3, 0.4) is 0 Å². The summed E-state index contributed by atoms with van der Waals surface area (Å²) in [4.78, 5) is 12.1. The zero-order chi connectivity index (χ0) is 14.9. The van der Waals surface area contributed by atoms with Crippen molar-refractivity contribution in [2.75, 3.05) is 11.1 Å². The molecule has 0 spiro atoms. The Hall–Kier alpha value is -1.78. The lowest BCUT2D eigenvalue weighted by Crippen LogP contribution is -2.13. The molecule has 104 valence electrons. The summed E-state index contributed by atoms with van der Waals surface area (Å²) >= 11 is 11.7. The summed E-state index contributed by atoms with van der Waals surface area (Å²) in [6.07, 6.45) is 0. The number of nitrogens with two attached hydrogens (primary N) is 1. The molecule has 0 aliphatic carbocycles. The first-order valence-electron chi connectivity index (χ1n) is 5.70. The lowest BCUT2D eigenvalue weighted by molar-refractivity contribution is 0.102. The Morgan fingerprint density at radius 1 is 1.20 bits per heavy atom. The maximum atomic E-state index is 13.1. The molecule has 0 bridgehead atoms. The fourth-order valence-electron chi connectivity index (χ4n) is 1.66. The van der Waals surface area contributed by atoms with E-state index in [-0.39, 0.29) is 15.7 Å². The van der Waals surface area contributed by atoms with Crippen LogP contribution in [0.2, 0.25) is 10.0 Å². The molecule has 0 aliphatic rings. The minimum Gasteiger partial charge on any atom is -0.399 e. The molecule has 0 aromatic heterocycles. The summed E-state index contributed by atoms with van der Waals surface area (Å²) in [6, 6.07) is 7.03. The van der Waals surface area contributed by atoms with E-state index in [1.165, 1.54) is 0 Å². The molecular formula is C14H11Cl2FN2O. The second kappa shape index (κ2) is 5.69. The predicted molar refractivity (Wildman–Crippen MR) is 80.0 cm³/mol. The van der Waals surface area contributed by atoms with Crippen molar-refractivity contribution in [1.82, 2.24) is 0 Å². The summed E-state index contributed by atoms with van der Waals surface area (Å²) < 4.78 is 13.1. The molecule has 0 saturated heterocycles. The van der Waals surface area contributed by atoms with Gasteiger partial charge < -0.3 is 11.1 Å². The molecule has 0 atom stereocenters.